The second-order valence-corrected chi connectivity index (χ2v) is 5.43. The van der Waals surface area contributed by atoms with Gasteiger partial charge in [-0.15, -0.1) is 0 Å². The molecule has 2 atom stereocenters. The molecule has 0 spiro atoms. The Bertz CT molecular complexity index is 250. The predicted molar refractivity (Wildman–Crippen MR) is 45.3 cm³/mol. The van der Waals surface area contributed by atoms with Crippen LogP contribution in [0.2, 0.25) is 0 Å². The summed E-state index contributed by atoms with van der Waals surface area (Å²) in [5, 5.41) is 11.0. The molecule has 6 heteroatoms. The summed E-state index contributed by atoms with van der Waals surface area (Å²) in [6.45, 7) is 0. The summed E-state index contributed by atoms with van der Waals surface area (Å²) in [7, 11) is 0.494. The molecular weight excluding hydrogens is 180 g/mol. The second kappa shape index (κ2) is 3.29. The van der Waals surface area contributed by atoms with E-state index >= 15 is 0 Å². The van der Waals surface area contributed by atoms with Gasteiger partial charge in [0.25, 0.3) is 0 Å². The number of nitrogens with zero attached hydrogens (tertiary/aromatic N) is 1. The van der Waals surface area contributed by atoms with E-state index in [9.17, 15) is 13.5 Å². The molecule has 0 saturated carbocycles. The maximum atomic E-state index is 11.0. The maximum Gasteiger partial charge on any atom is 0.154 e. The Labute approximate surface area is 72.3 Å². The van der Waals surface area contributed by atoms with Crippen LogP contribution in [0, 0.1) is 0 Å². The maximum absolute atomic E-state index is 11.0. The number of hydrogen-bond acceptors (Lipinski definition) is 5. The Morgan fingerprint density at radius 1 is 1.42 bits per heavy atom. The number of sulfone groups is 1. The quantitative estimate of drug-likeness (QED) is 0.508. The second-order valence-electron chi connectivity index (χ2n) is 3.27. The highest BCUT2D eigenvalue weighted by molar-refractivity contribution is 7.91. The van der Waals surface area contributed by atoms with E-state index < -0.39 is 15.9 Å². The molecule has 12 heavy (non-hydrogen) atoms. The third-order valence-electron chi connectivity index (χ3n) is 1.75. The smallest absolute Gasteiger partial charge is 0.154 e. The molecule has 0 aromatic rings. The van der Waals surface area contributed by atoms with Crippen LogP contribution < -0.4 is 5.43 Å². The summed E-state index contributed by atoms with van der Waals surface area (Å²) in [5.41, 5.74) is 2.85. The fraction of sp³-hybridized carbons (Fsp3) is 1.00. The number of aliphatic hydroxyl groups excluding tert-OH is 1. The lowest BCUT2D eigenvalue weighted by atomic mass is 10.2. The highest BCUT2D eigenvalue weighted by Crippen LogP contribution is 2.12. The Morgan fingerprint density at radius 2 is 2.00 bits per heavy atom. The number of aliphatic hydroxyl groups is 1. The molecule has 1 fully saturated rings. The number of rotatable bonds is 2. The zero-order valence-corrected chi connectivity index (χ0v) is 8.00. The summed E-state index contributed by atoms with van der Waals surface area (Å²) in [4.78, 5) is 0. The molecule has 1 saturated heterocycles. The molecule has 0 aliphatic carbocycles. The fourth-order valence-electron chi connectivity index (χ4n) is 1.28. The number of nitrogens with one attached hydrogen (secondary N) is 1. The summed E-state index contributed by atoms with van der Waals surface area (Å²) >= 11 is 0. The van der Waals surface area contributed by atoms with E-state index in [1.807, 2.05) is 0 Å². The highest BCUT2D eigenvalue weighted by atomic mass is 32.2. The van der Waals surface area contributed by atoms with E-state index in [0.29, 0.717) is 0 Å². The van der Waals surface area contributed by atoms with Gasteiger partial charge in [-0.25, -0.2) is 13.8 Å². The highest BCUT2D eigenvalue weighted by Gasteiger charge is 2.36. The Kier molecular flexibility index (Phi) is 2.72. The first-order valence-electron chi connectivity index (χ1n) is 3.73. The van der Waals surface area contributed by atoms with Crippen LogP contribution in [-0.2, 0) is 9.84 Å². The molecule has 0 radical (unpaired) electrons. The minimum atomic E-state index is -3.03. The van der Waals surface area contributed by atoms with E-state index in [-0.39, 0.29) is 17.5 Å². The molecule has 1 aliphatic heterocycles. The lowest BCUT2D eigenvalue weighted by Crippen LogP contribution is -2.46. The summed E-state index contributed by atoms with van der Waals surface area (Å²) < 4.78 is 22.0. The SMILES string of the molecule is CN(C)NC1CS(=O)(=O)CC1O. The average molecular weight is 194 g/mol. The normalized spacial score (nSPS) is 34.3. The summed E-state index contributed by atoms with van der Waals surface area (Å²) in [6, 6.07) is -0.356. The number of hydrogen-bond donors (Lipinski definition) is 2. The molecular formula is C6H14N2O3S. The molecule has 0 aromatic heterocycles. The minimum absolute atomic E-state index is 0.0202. The largest absolute Gasteiger partial charge is 0.390 e. The Balaban J connectivity index is 2.58. The van der Waals surface area contributed by atoms with Crippen molar-refractivity contribution in [3.8, 4) is 0 Å². The van der Waals surface area contributed by atoms with E-state index in [1.165, 1.54) is 0 Å². The molecule has 2 N–H and O–H groups in total. The van der Waals surface area contributed by atoms with Gasteiger partial charge >= 0.3 is 0 Å². The zero-order chi connectivity index (χ0) is 9.35. The van der Waals surface area contributed by atoms with Crippen LogP contribution in [0.4, 0.5) is 0 Å². The third-order valence-corrected chi connectivity index (χ3v) is 3.46. The fourth-order valence-corrected chi connectivity index (χ4v) is 3.02. The lowest BCUT2D eigenvalue weighted by Gasteiger charge is -2.19. The van der Waals surface area contributed by atoms with Gasteiger partial charge in [-0.3, -0.25) is 5.01 Å². The van der Waals surface area contributed by atoms with Crippen LogP contribution in [0.1, 0.15) is 0 Å². The van der Waals surface area contributed by atoms with Crippen LogP contribution in [-0.4, -0.2) is 56.3 Å². The van der Waals surface area contributed by atoms with E-state index in [4.69, 9.17) is 0 Å². The monoisotopic (exact) mass is 194 g/mol. The van der Waals surface area contributed by atoms with Crippen molar-refractivity contribution in [3.05, 3.63) is 0 Å². The molecule has 1 heterocycles. The van der Waals surface area contributed by atoms with Crippen molar-refractivity contribution in [2.75, 3.05) is 25.6 Å². The topological polar surface area (TPSA) is 69.6 Å². The van der Waals surface area contributed by atoms with Gasteiger partial charge in [-0.2, -0.15) is 0 Å². The lowest BCUT2D eigenvalue weighted by molar-refractivity contribution is 0.122. The van der Waals surface area contributed by atoms with Gasteiger partial charge in [-0.1, -0.05) is 0 Å². The molecule has 1 rings (SSSR count). The molecule has 1 aliphatic rings. The van der Waals surface area contributed by atoms with Gasteiger partial charge < -0.3 is 5.11 Å². The molecule has 5 nitrogen and oxygen atoms in total. The van der Waals surface area contributed by atoms with E-state index in [2.05, 4.69) is 5.43 Å². The van der Waals surface area contributed by atoms with Crippen molar-refractivity contribution in [1.82, 2.24) is 10.4 Å². The number of hydrazine groups is 1. The Hall–Kier alpha value is -0.170. The van der Waals surface area contributed by atoms with Crippen LogP contribution in [0.25, 0.3) is 0 Å². The van der Waals surface area contributed by atoms with Crippen molar-refractivity contribution in [2.45, 2.75) is 12.1 Å². The first kappa shape index (κ1) is 9.91. The van der Waals surface area contributed by atoms with Crippen molar-refractivity contribution in [1.29, 1.82) is 0 Å². The molecule has 72 valence electrons. The van der Waals surface area contributed by atoms with Crippen LogP contribution in [0.3, 0.4) is 0 Å². The minimum Gasteiger partial charge on any atom is -0.390 e. The van der Waals surface area contributed by atoms with Crippen LogP contribution >= 0.6 is 0 Å². The molecule has 0 amide bonds. The molecule has 2 unspecified atom stereocenters. The van der Waals surface area contributed by atoms with Crippen molar-refractivity contribution in [3.63, 3.8) is 0 Å². The van der Waals surface area contributed by atoms with Crippen molar-refractivity contribution >= 4 is 9.84 Å². The summed E-state index contributed by atoms with van der Waals surface area (Å²) in [5.74, 6) is -0.106. The van der Waals surface area contributed by atoms with Crippen molar-refractivity contribution in [2.24, 2.45) is 0 Å². The average Bonchev–Trinajstić information content (AvgIpc) is 2.03. The first-order valence-corrected chi connectivity index (χ1v) is 5.55. The standard InChI is InChI=1S/C6H14N2O3S/c1-8(2)7-5-3-12(10,11)4-6(5)9/h5-7,9H,3-4H2,1-2H3. The van der Waals surface area contributed by atoms with E-state index in [1.54, 1.807) is 19.1 Å². The van der Waals surface area contributed by atoms with Crippen molar-refractivity contribution < 1.29 is 13.5 Å². The summed E-state index contributed by atoms with van der Waals surface area (Å²) in [6.07, 6.45) is -0.780. The molecule has 0 bridgehead atoms. The Morgan fingerprint density at radius 3 is 2.33 bits per heavy atom. The van der Waals surface area contributed by atoms with Crippen LogP contribution in [0.15, 0.2) is 0 Å². The predicted octanol–water partition coefficient (Wildman–Crippen LogP) is -1.79. The van der Waals surface area contributed by atoms with Gasteiger partial charge in [0.05, 0.1) is 23.7 Å². The third kappa shape index (κ3) is 2.41. The first-order chi connectivity index (χ1) is 5.41. The van der Waals surface area contributed by atoms with E-state index in [0.717, 1.165) is 0 Å². The van der Waals surface area contributed by atoms with Gasteiger partial charge in [-0.05, 0) is 0 Å². The van der Waals surface area contributed by atoms with Gasteiger partial charge in [0.1, 0.15) is 0 Å². The van der Waals surface area contributed by atoms with Gasteiger partial charge in [0, 0.05) is 14.1 Å². The van der Waals surface area contributed by atoms with Gasteiger partial charge in [0.15, 0.2) is 9.84 Å². The molecule has 0 aromatic carbocycles. The van der Waals surface area contributed by atoms with Crippen LogP contribution in [0.5, 0.6) is 0 Å². The van der Waals surface area contributed by atoms with Gasteiger partial charge in [0.2, 0.25) is 0 Å². The zero-order valence-electron chi connectivity index (χ0n) is 7.19.